The van der Waals surface area contributed by atoms with Crippen LogP contribution >= 0.6 is 0 Å². The van der Waals surface area contributed by atoms with Crippen LogP contribution in [0.25, 0.3) is 12.2 Å². The number of carbonyl (C=O) groups excluding carboxylic acids is 2. The van der Waals surface area contributed by atoms with Crippen molar-refractivity contribution < 1.29 is 18.4 Å². The average molecular weight is 404 g/mol. The van der Waals surface area contributed by atoms with Crippen LogP contribution in [-0.4, -0.2) is 11.8 Å². The molecule has 6 heteroatoms. The molecular weight excluding hydrogens is 386 g/mol. The van der Waals surface area contributed by atoms with E-state index in [0.29, 0.717) is 22.5 Å². The maximum Gasteiger partial charge on any atom is 0.248 e. The molecule has 0 bridgehead atoms. The summed E-state index contributed by atoms with van der Waals surface area (Å²) < 4.78 is 25.7. The number of hydrogen-bond acceptors (Lipinski definition) is 2. The summed E-state index contributed by atoms with van der Waals surface area (Å²) in [6, 6.07) is 18.2. The zero-order valence-electron chi connectivity index (χ0n) is 15.8. The van der Waals surface area contributed by atoms with Crippen molar-refractivity contribution in [1.82, 2.24) is 0 Å². The van der Waals surface area contributed by atoms with Crippen LogP contribution in [0.3, 0.4) is 0 Å². The highest BCUT2D eigenvalue weighted by molar-refractivity contribution is 6.03. The second-order valence-electron chi connectivity index (χ2n) is 6.33. The molecule has 150 valence electrons. The summed E-state index contributed by atoms with van der Waals surface area (Å²) in [7, 11) is 0. The van der Waals surface area contributed by atoms with Crippen molar-refractivity contribution in [2.75, 3.05) is 10.6 Å². The molecule has 0 aliphatic carbocycles. The van der Waals surface area contributed by atoms with Crippen molar-refractivity contribution in [1.29, 1.82) is 0 Å². The molecule has 0 unspecified atom stereocenters. The lowest BCUT2D eigenvalue weighted by Gasteiger charge is -2.05. The molecule has 0 aliphatic heterocycles. The van der Waals surface area contributed by atoms with E-state index in [0.717, 1.165) is 0 Å². The van der Waals surface area contributed by atoms with Crippen molar-refractivity contribution in [3.63, 3.8) is 0 Å². The van der Waals surface area contributed by atoms with E-state index < -0.39 is 0 Å². The van der Waals surface area contributed by atoms with Gasteiger partial charge >= 0.3 is 0 Å². The number of carbonyl (C=O) groups is 2. The molecule has 0 heterocycles. The van der Waals surface area contributed by atoms with Crippen LogP contribution in [0.15, 0.2) is 84.9 Å². The first-order valence-electron chi connectivity index (χ1n) is 9.07. The summed E-state index contributed by atoms with van der Waals surface area (Å²) in [4.78, 5) is 24.0. The lowest BCUT2D eigenvalue weighted by Crippen LogP contribution is -2.09. The number of hydrogen-bond donors (Lipinski definition) is 2. The summed E-state index contributed by atoms with van der Waals surface area (Å²) in [6.45, 7) is 0. The van der Waals surface area contributed by atoms with Gasteiger partial charge in [0, 0.05) is 23.5 Å². The summed E-state index contributed by atoms with van der Waals surface area (Å²) in [6.07, 6.45) is 5.86. The largest absolute Gasteiger partial charge is 0.323 e. The molecule has 4 nitrogen and oxygen atoms in total. The fraction of sp³-hybridized carbons (Fsp3) is 0. The Labute approximate surface area is 172 Å². The third-order valence-electron chi connectivity index (χ3n) is 4.01. The van der Waals surface area contributed by atoms with Crippen molar-refractivity contribution in [3.8, 4) is 0 Å². The molecule has 0 aromatic heterocycles. The van der Waals surface area contributed by atoms with Crippen molar-refractivity contribution in [3.05, 3.63) is 108 Å². The Kier molecular flexibility index (Phi) is 6.84. The molecule has 0 saturated carbocycles. The Morgan fingerprint density at radius 2 is 0.900 bits per heavy atom. The molecule has 2 N–H and O–H groups in total. The van der Waals surface area contributed by atoms with Crippen molar-refractivity contribution in [2.45, 2.75) is 0 Å². The van der Waals surface area contributed by atoms with Gasteiger partial charge in [0.2, 0.25) is 11.8 Å². The fourth-order valence-electron chi connectivity index (χ4n) is 2.50. The van der Waals surface area contributed by atoms with Crippen LogP contribution in [0.1, 0.15) is 11.1 Å². The smallest absolute Gasteiger partial charge is 0.248 e. The number of rotatable bonds is 6. The van der Waals surface area contributed by atoms with Gasteiger partial charge in [-0.15, -0.1) is 0 Å². The number of nitrogens with one attached hydrogen (secondary N) is 2. The fourth-order valence-corrected chi connectivity index (χ4v) is 2.50. The number of benzene rings is 3. The number of amides is 2. The lowest BCUT2D eigenvalue weighted by molar-refractivity contribution is -0.112. The number of anilines is 2. The molecular formula is C24H18F2N2O2. The van der Waals surface area contributed by atoms with Gasteiger partial charge in [-0.25, -0.2) is 8.78 Å². The predicted molar refractivity (Wildman–Crippen MR) is 115 cm³/mol. The van der Waals surface area contributed by atoms with Crippen LogP contribution in [0.2, 0.25) is 0 Å². The molecule has 30 heavy (non-hydrogen) atoms. The Morgan fingerprint density at radius 3 is 1.23 bits per heavy atom. The third kappa shape index (κ3) is 6.53. The average Bonchev–Trinajstić information content (AvgIpc) is 2.74. The van der Waals surface area contributed by atoms with E-state index in [-0.39, 0.29) is 23.4 Å². The van der Waals surface area contributed by atoms with E-state index >= 15 is 0 Å². The van der Waals surface area contributed by atoms with Gasteiger partial charge in [0.15, 0.2) is 0 Å². The Morgan fingerprint density at radius 1 is 0.567 bits per heavy atom. The third-order valence-corrected chi connectivity index (χ3v) is 4.01. The van der Waals surface area contributed by atoms with Crippen LogP contribution < -0.4 is 10.6 Å². The Balaban J connectivity index is 1.51. The summed E-state index contributed by atoms with van der Waals surface area (Å²) in [5, 5.41) is 5.40. The van der Waals surface area contributed by atoms with Gasteiger partial charge < -0.3 is 10.6 Å². The Hall–Kier alpha value is -4.06. The molecule has 0 radical (unpaired) electrons. The zero-order valence-corrected chi connectivity index (χ0v) is 15.8. The zero-order chi connectivity index (χ0) is 21.3. The van der Waals surface area contributed by atoms with Crippen LogP contribution in [0.4, 0.5) is 20.2 Å². The van der Waals surface area contributed by atoms with Crippen molar-refractivity contribution in [2.24, 2.45) is 0 Å². The standard InChI is InChI=1S/C24H18F2N2O2/c25-19-7-1-17(2-8-19)5-15-23(29)27-21-11-13-22(14-12-21)28-24(30)16-6-18-3-9-20(26)10-4-18/h1-16H,(H,27,29)(H,28,30)/b15-5+,16-6+. The first-order valence-corrected chi connectivity index (χ1v) is 9.07. The normalized spacial score (nSPS) is 11.0. The SMILES string of the molecule is O=C(/C=C/c1ccc(F)cc1)Nc1ccc(NC(=O)/C=C/c2ccc(F)cc2)cc1. The number of halogens is 2. The second-order valence-corrected chi connectivity index (χ2v) is 6.33. The minimum Gasteiger partial charge on any atom is -0.323 e. The van der Waals surface area contributed by atoms with E-state index in [1.807, 2.05) is 0 Å². The van der Waals surface area contributed by atoms with Gasteiger partial charge in [0.05, 0.1) is 0 Å². The molecule has 3 aromatic rings. The monoisotopic (exact) mass is 404 g/mol. The van der Waals surface area contributed by atoms with Crippen LogP contribution in [0, 0.1) is 11.6 Å². The van der Waals surface area contributed by atoms with E-state index in [9.17, 15) is 18.4 Å². The summed E-state index contributed by atoms with van der Waals surface area (Å²) >= 11 is 0. The molecule has 0 spiro atoms. The van der Waals surface area contributed by atoms with E-state index in [2.05, 4.69) is 10.6 Å². The predicted octanol–water partition coefficient (Wildman–Crippen LogP) is 5.27. The van der Waals surface area contributed by atoms with Crippen LogP contribution in [0.5, 0.6) is 0 Å². The second kappa shape index (κ2) is 9.93. The van der Waals surface area contributed by atoms with Gasteiger partial charge in [-0.3, -0.25) is 9.59 Å². The van der Waals surface area contributed by atoms with E-state index in [4.69, 9.17) is 0 Å². The molecule has 0 aliphatic rings. The van der Waals surface area contributed by atoms with Crippen LogP contribution in [-0.2, 0) is 9.59 Å². The molecule has 0 atom stereocenters. The first-order chi connectivity index (χ1) is 14.5. The van der Waals surface area contributed by atoms with Gasteiger partial charge in [-0.2, -0.15) is 0 Å². The van der Waals surface area contributed by atoms with E-state index in [1.54, 1.807) is 60.7 Å². The van der Waals surface area contributed by atoms with E-state index in [1.165, 1.54) is 36.4 Å². The first kappa shape index (κ1) is 20.7. The van der Waals surface area contributed by atoms with Gasteiger partial charge in [0.25, 0.3) is 0 Å². The highest BCUT2D eigenvalue weighted by Gasteiger charge is 2.01. The van der Waals surface area contributed by atoms with Gasteiger partial charge in [-0.05, 0) is 71.8 Å². The molecule has 2 amide bonds. The highest BCUT2D eigenvalue weighted by atomic mass is 19.1. The molecule has 0 saturated heterocycles. The molecule has 3 aromatic carbocycles. The maximum absolute atomic E-state index is 12.9. The lowest BCUT2D eigenvalue weighted by atomic mass is 10.2. The molecule has 3 rings (SSSR count). The van der Waals surface area contributed by atoms with Gasteiger partial charge in [0.1, 0.15) is 11.6 Å². The quantitative estimate of drug-likeness (QED) is 0.550. The van der Waals surface area contributed by atoms with Crippen molar-refractivity contribution >= 4 is 35.3 Å². The summed E-state index contributed by atoms with van der Waals surface area (Å²) in [5.74, 6) is -1.35. The maximum atomic E-state index is 12.9. The van der Waals surface area contributed by atoms with Gasteiger partial charge in [-0.1, -0.05) is 24.3 Å². The highest BCUT2D eigenvalue weighted by Crippen LogP contribution is 2.14. The minimum atomic E-state index is -0.338. The molecule has 0 fully saturated rings. The minimum absolute atomic E-state index is 0.335. The Bertz CT molecular complexity index is 983. The topological polar surface area (TPSA) is 58.2 Å². The summed E-state index contributed by atoms with van der Waals surface area (Å²) in [5.41, 5.74) is 2.53.